The van der Waals surface area contributed by atoms with Gasteiger partial charge in [-0.05, 0) is 62.3 Å². The van der Waals surface area contributed by atoms with Crippen molar-refractivity contribution in [3.05, 3.63) is 0 Å². The zero-order valence-corrected chi connectivity index (χ0v) is 13.9. The van der Waals surface area contributed by atoms with Gasteiger partial charge in [-0.1, -0.05) is 0 Å². The van der Waals surface area contributed by atoms with Gasteiger partial charge in [-0.3, -0.25) is 0 Å². The molecule has 4 nitrogen and oxygen atoms in total. The third-order valence-electron chi connectivity index (χ3n) is 3.37. The van der Waals surface area contributed by atoms with Crippen molar-refractivity contribution in [3.8, 4) is 0 Å². The topological polar surface area (TPSA) is 36.9 Å². The van der Waals surface area contributed by atoms with Crippen LogP contribution in [-0.2, 0) is 18.6 Å². The molecule has 0 aromatic rings. The lowest BCUT2D eigenvalue weighted by molar-refractivity contribution is 0.00578. The molecule has 1 fully saturated rings. The van der Waals surface area contributed by atoms with Gasteiger partial charge in [0.25, 0.3) is 0 Å². The van der Waals surface area contributed by atoms with E-state index in [9.17, 15) is 0 Å². The molecule has 0 aliphatic carbocycles. The molecule has 1 heterocycles. The summed E-state index contributed by atoms with van der Waals surface area (Å²) in [6.45, 7) is 18.0. The maximum atomic E-state index is 6.00. The first-order valence-electron chi connectivity index (χ1n) is 7.03. The molecule has 1 aliphatic rings. The first kappa shape index (κ1) is 17.0. The van der Waals surface area contributed by atoms with Crippen LogP contribution in [0.1, 0.15) is 62.3 Å². The maximum Gasteiger partial charge on any atom is 0.488 e. The van der Waals surface area contributed by atoms with Crippen LogP contribution in [0.3, 0.4) is 0 Å². The molecule has 0 spiro atoms. The molecule has 0 aromatic heterocycles. The largest absolute Gasteiger partial charge is 0.488 e. The molecule has 0 bridgehead atoms. The van der Waals surface area contributed by atoms with Crippen molar-refractivity contribution in [3.63, 3.8) is 0 Å². The summed E-state index contributed by atoms with van der Waals surface area (Å²) >= 11 is 0. The van der Waals surface area contributed by atoms with Gasteiger partial charge in [-0.2, -0.15) is 0 Å². The Hall–Kier alpha value is -0.0301. The third kappa shape index (κ3) is 4.48. The molecule has 1 aliphatic heterocycles. The van der Waals surface area contributed by atoms with Crippen molar-refractivity contribution in [1.82, 2.24) is 0 Å². The van der Waals surface area contributed by atoms with E-state index >= 15 is 0 Å². The van der Waals surface area contributed by atoms with E-state index in [1.54, 1.807) is 0 Å². The highest BCUT2D eigenvalue weighted by Gasteiger charge is 2.58. The Balaban J connectivity index is 2.83. The molecule has 1 saturated heterocycles. The molecular weight excluding hydrogens is 242 g/mol. The molecule has 0 N–H and O–H groups in total. The van der Waals surface area contributed by atoms with Gasteiger partial charge in [0.2, 0.25) is 0 Å². The SMILES string of the molecule is CC(C)OB(OC(C)(C)C)B1OC(C)(C)C(C)(C)O1. The Labute approximate surface area is 118 Å². The van der Waals surface area contributed by atoms with E-state index in [0.29, 0.717) is 0 Å². The molecule has 110 valence electrons. The number of hydrogen-bond donors (Lipinski definition) is 0. The van der Waals surface area contributed by atoms with Crippen LogP contribution in [0.25, 0.3) is 0 Å². The van der Waals surface area contributed by atoms with Gasteiger partial charge in [0.05, 0.1) is 11.2 Å². The second kappa shape index (κ2) is 5.40. The van der Waals surface area contributed by atoms with Gasteiger partial charge in [-0.25, -0.2) is 0 Å². The quantitative estimate of drug-likeness (QED) is 0.736. The normalized spacial score (nSPS) is 22.1. The van der Waals surface area contributed by atoms with Crippen molar-refractivity contribution < 1.29 is 18.6 Å². The van der Waals surface area contributed by atoms with E-state index in [1.165, 1.54) is 0 Å². The average Bonchev–Trinajstić information content (AvgIpc) is 2.31. The molecule has 6 heteroatoms. The smallest absolute Gasteiger partial charge is 0.411 e. The summed E-state index contributed by atoms with van der Waals surface area (Å²) in [7, 11) is -1.03. The third-order valence-corrected chi connectivity index (χ3v) is 3.37. The summed E-state index contributed by atoms with van der Waals surface area (Å²) in [6, 6.07) is 0. The standard InChI is InChI=1S/C13H28B2O4/c1-10(2)16-14(17-11(3,4)5)15-18-12(6,7)13(8,9)19-15/h10H,1-9H3. The molecule has 19 heavy (non-hydrogen) atoms. The van der Waals surface area contributed by atoms with Crippen LogP contribution in [0.2, 0.25) is 0 Å². The van der Waals surface area contributed by atoms with E-state index in [4.69, 9.17) is 18.6 Å². The van der Waals surface area contributed by atoms with Crippen LogP contribution in [0.5, 0.6) is 0 Å². The van der Waals surface area contributed by atoms with Crippen LogP contribution in [0.15, 0.2) is 0 Å². The molecule has 0 aromatic carbocycles. The van der Waals surface area contributed by atoms with Gasteiger partial charge >= 0.3 is 14.0 Å². The molecule has 1 rings (SSSR count). The van der Waals surface area contributed by atoms with Gasteiger partial charge in [0.1, 0.15) is 0 Å². The summed E-state index contributed by atoms with van der Waals surface area (Å²) in [6.07, 6.45) is 0.0476. The predicted octanol–water partition coefficient (Wildman–Crippen LogP) is 2.89. The predicted molar refractivity (Wildman–Crippen MR) is 78.9 cm³/mol. The first-order valence-corrected chi connectivity index (χ1v) is 7.03. The van der Waals surface area contributed by atoms with E-state index < -0.39 is 14.0 Å². The highest BCUT2D eigenvalue weighted by molar-refractivity contribution is 7.11. The molecule has 0 amide bonds. The zero-order chi connectivity index (χ0) is 15.1. The second-order valence-electron chi connectivity index (χ2n) is 7.41. The average molecular weight is 270 g/mol. The lowest BCUT2D eigenvalue weighted by atomic mass is 9.48. The lowest BCUT2D eigenvalue weighted by Crippen LogP contribution is -2.49. The van der Waals surface area contributed by atoms with Crippen molar-refractivity contribution >= 4 is 14.0 Å². The Kier molecular flexibility index (Phi) is 4.83. The Morgan fingerprint density at radius 1 is 1.00 bits per heavy atom. The molecule has 0 unspecified atom stereocenters. The van der Waals surface area contributed by atoms with Gasteiger partial charge in [0.15, 0.2) is 0 Å². The summed E-state index contributed by atoms with van der Waals surface area (Å²) in [5.41, 5.74) is -1.07. The molecule has 0 saturated carbocycles. The number of rotatable bonds is 4. The van der Waals surface area contributed by atoms with Crippen LogP contribution in [-0.4, -0.2) is 36.9 Å². The molecule has 0 atom stereocenters. The highest BCUT2D eigenvalue weighted by Crippen LogP contribution is 2.38. The van der Waals surface area contributed by atoms with Crippen molar-refractivity contribution in [2.24, 2.45) is 0 Å². The van der Waals surface area contributed by atoms with E-state index in [1.807, 2.05) is 62.3 Å². The van der Waals surface area contributed by atoms with Crippen LogP contribution in [0.4, 0.5) is 0 Å². The number of hydrogen-bond acceptors (Lipinski definition) is 4. The fraction of sp³-hybridized carbons (Fsp3) is 1.00. The Morgan fingerprint density at radius 2 is 1.42 bits per heavy atom. The summed E-state index contributed by atoms with van der Waals surface area (Å²) in [5, 5.41) is 0. The van der Waals surface area contributed by atoms with Crippen molar-refractivity contribution in [2.75, 3.05) is 0 Å². The van der Waals surface area contributed by atoms with Gasteiger partial charge in [0, 0.05) is 11.7 Å². The van der Waals surface area contributed by atoms with Crippen LogP contribution < -0.4 is 0 Å². The minimum atomic E-state index is -0.527. The molecule has 0 radical (unpaired) electrons. The lowest BCUT2D eigenvalue weighted by Gasteiger charge is -2.32. The Bertz CT molecular complexity index is 294. The van der Waals surface area contributed by atoms with Crippen LogP contribution >= 0.6 is 0 Å². The van der Waals surface area contributed by atoms with Gasteiger partial charge in [-0.15, -0.1) is 0 Å². The Morgan fingerprint density at radius 3 is 1.74 bits per heavy atom. The molecular formula is C13H28B2O4. The second-order valence-corrected chi connectivity index (χ2v) is 7.41. The van der Waals surface area contributed by atoms with E-state index in [-0.39, 0.29) is 22.9 Å². The zero-order valence-electron chi connectivity index (χ0n) is 13.9. The minimum absolute atomic E-state index is 0.0476. The monoisotopic (exact) mass is 270 g/mol. The van der Waals surface area contributed by atoms with Crippen molar-refractivity contribution in [2.45, 2.75) is 85.2 Å². The fourth-order valence-electron chi connectivity index (χ4n) is 1.76. The summed E-state index contributed by atoms with van der Waals surface area (Å²) in [4.78, 5) is 0. The van der Waals surface area contributed by atoms with Crippen molar-refractivity contribution in [1.29, 1.82) is 0 Å². The summed E-state index contributed by atoms with van der Waals surface area (Å²) < 4.78 is 23.8. The summed E-state index contributed by atoms with van der Waals surface area (Å²) in [5.74, 6) is 0. The van der Waals surface area contributed by atoms with Gasteiger partial charge < -0.3 is 18.6 Å². The minimum Gasteiger partial charge on any atom is -0.411 e. The van der Waals surface area contributed by atoms with E-state index in [0.717, 1.165) is 0 Å². The first-order chi connectivity index (χ1) is 8.34. The maximum absolute atomic E-state index is 6.00. The highest BCUT2D eigenvalue weighted by atomic mass is 16.7. The van der Waals surface area contributed by atoms with Crippen LogP contribution in [0, 0.1) is 0 Å². The van der Waals surface area contributed by atoms with E-state index in [2.05, 4.69) is 0 Å². The fourth-order valence-corrected chi connectivity index (χ4v) is 1.76.